The molecule has 0 aliphatic heterocycles. The van der Waals surface area contributed by atoms with Crippen molar-refractivity contribution >= 4 is 5.97 Å². The van der Waals surface area contributed by atoms with Crippen LogP contribution in [0.4, 0.5) is 0 Å². The van der Waals surface area contributed by atoms with Crippen LogP contribution in [0.5, 0.6) is 0 Å². The van der Waals surface area contributed by atoms with Crippen molar-refractivity contribution in [3.63, 3.8) is 0 Å². The highest BCUT2D eigenvalue weighted by atomic mass is 16.5. The molecule has 0 spiro atoms. The Kier molecular flexibility index (Phi) is 7.55. The summed E-state index contributed by atoms with van der Waals surface area (Å²) in [6.07, 6.45) is 7.47. The van der Waals surface area contributed by atoms with Gasteiger partial charge in [0.15, 0.2) is 0 Å². The van der Waals surface area contributed by atoms with Crippen molar-refractivity contribution in [3.05, 3.63) is 23.8 Å². The number of hydrogen-bond donors (Lipinski definition) is 1. The molecule has 0 amide bonds. The van der Waals surface area contributed by atoms with Gasteiger partial charge in [-0.3, -0.25) is 4.79 Å². The second-order valence-corrected chi connectivity index (χ2v) is 5.09. The zero-order valence-electron chi connectivity index (χ0n) is 11.3. The van der Waals surface area contributed by atoms with Gasteiger partial charge in [-0.05, 0) is 40.5 Å². The highest BCUT2D eigenvalue weighted by molar-refractivity contribution is 5.75. The first-order valence-corrected chi connectivity index (χ1v) is 5.96. The van der Waals surface area contributed by atoms with Gasteiger partial charge in [0, 0.05) is 0 Å². The summed E-state index contributed by atoms with van der Waals surface area (Å²) in [5.41, 5.74) is 0.734. The van der Waals surface area contributed by atoms with Crippen LogP contribution in [-0.4, -0.2) is 24.3 Å². The van der Waals surface area contributed by atoms with Crippen molar-refractivity contribution in [1.82, 2.24) is 0 Å². The van der Waals surface area contributed by atoms with E-state index >= 15 is 0 Å². The topological polar surface area (TPSA) is 46.5 Å². The molecule has 0 aliphatic carbocycles. The highest BCUT2D eigenvalue weighted by Gasteiger charge is 2.22. The smallest absolute Gasteiger partial charge is 0.311 e. The number of hydrogen-bond acceptors (Lipinski definition) is 3. The number of ether oxygens (including phenoxy) is 1. The SMILES string of the molecule is CC(=CCO)CCC=CCOC(=O)C(C)(C)C. The minimum Gasteiger partial charge on any atom is -0.461 e. The van der Waals surface area contributed by atoms with Crippen molar-refractivity contribution in [1.29, 1.82) is 0 Å². The van der Waals surface area contributed by atoms with Crippen molar-refractivity contribution in [2.75, 3.05) is 13.2 Å². The fraction of sp³-hybridized carbons (Fsp3) is 0.643. The minimum absolute atomic E-state index is 0.0960. The average Bonchev–Trinajstić information content (AvgIpc) is 2.21. The van der Waals surface area contributed by atoms with Gasteiger partial charge >= 0.3 is 5.97 Å². The van der Waals surface area contributed by atoms with Crippen molar-refractivity contribution in [3.8, 4) is 0 Å². The fourth-order valence-electron chi connectivity index (χ4n) is 1.10. The predicted molar refractivity (Wildman–Crippen MR) is 69.6 cm³/mol. The Morgan fingerprint density at radius 1 is 1.29 bits per heavy atom. The van der Waals surface area contributed by atoms with Crippen LogP contribution in [0.2, 0.25) is 0 Å². The quantitative estimate of drug-likeness (QED) is 0.573. The van der Waals surface area contributed by atoms with Crippen molar-refractivity contribution < 1.29 is 14.6 Å². The fourth-order valence-corrected chi connectivity index (χ4v) is 1.10. The maximum atomic E-state index is 11.4. The summed E-state index contributed by atoms with van der Waals surface area (Å²) in [6.45, 7) is 7.92. The largest absolute Gasteiger partial charge is 0.461 e. The predicted octanol–water partition coefficient (Wildman–Crippen LogP) is 2.85. The lowest BCUT2D eigenvalue weighted by atomic mass is 9.97. The van der Waals surface area contributed by atoms with E-state index in [1.165, 1.54) is 5.57 Å². The summed E-state index contributed by atoms with van der Waals surface area (Å²) in [7, 11) is 0. The second kappa shape index (κ2) is 8.07. The van der Waals surface area contributed by atoms with Crippen molar-refractivity contribution in [2.45, 2.75) is 40.5 Å². The molecule has 1 N–H and O–H groups in total. The van der Waals surface area contributed by atoms with Crippen LogP contribution in [0.25, 0.3) is 0 Å². The summed E-state index contributed by atoms with van der Waals surface area (Å²) in [4.78, 5) is 11.4. The highest BCUT2D eigenvalue weighted by Crippen LogP contribution is 2.14. The Balaban J connectivity index is 3.70. The Labute approximate surface area is 104 Å². The third kappa shape index (κ3) is 8.69. The lowest BCUT2D eigenvalue weighted by Gasteiger charge is -2.15. The normalized spacial score (nSPS) is 13.1. The van der Waals surface area contributed by atoms with Gasteiger partial charge in [0.05, 0.1) is 12.0 Å². The van der Waals surface area contributed by atoms with Gasteiger partial charge in [-0.25, -0.2) is 0 Å². The molecule has 0 aliphatic rings. The molecule has 0 aromatic rings. The lowest BCUT2D eigenvalue weighted by molar-refractivity contribution is -0.151. The first kappa shape index (κ1) is 15.9. The molecular weight excluding hydrogens is 216 g/mol. The minimum atomic E-state index is -0.436. The molecule has 0 radical (unpaired) electrons. The summed E-state index contributed by atoms with van der Waals surface area (Å²) < 4.78 is 5.08. The molecule has 0 fully saturated rings. The van der Waals surface area contributed by atoms with Gasteiger partial charge in [0.25, 0.3) is 0 Å². The zero-order chi connectivity index (χ0) is 13.3. The summed E-state index contributed by atoms with van der Waals surface area (Å²) in [5, 5.41) is 8.66. The summed E-state index contributed by atoms with van der Waals surface area (Å²) in [6, 6.07) is 0. The Bertz CT molecular complexity index is 282. The van der Waals surface area contributed by atoms with E-state index in [9.17, 15) is 4.79 Å². The molecule has 98 valence electrons. The molecule has 3 nitrogen and oxygen atoms in total. The Hall–Kier alpha value is -1.09. The van der Waals surface area contributed by atoms with Crippen molar-refractivity contribution in [2.24, 2.45) is 5.41 Å². The van der Waals surface area contributed by atoms with E-state index in [1.54, 1.807) is 6.08 Å². The molecule has 0 aromatic heterocycles. The van der Waals surface area contributed by atoms with E-state index in [-0.39, 0.29) is 12.6 Å². The van der Waals surface area contributed by atoms with E-state index < -0.39 is 5.41 Å². The lowest BCUT2D eigenvalue weighted by Crippen LogP contribution is -2.22. The monoisotopic (exact) mass is 240 g/mol. The molecule has 0 saturated heterocycles. The number of carbonyl (C=O) groups is 1. The van der Waals surface area contributed by atoms with E-state index in [0.29, 0.717) is 6.61 Å². The Morgan fingerprint density at radius 2 is 1.94 bits per heavy atom. The number of aliphatic hydroxyl groups is 1. The molecule has 3 heteroatoms. The number of carbonyl (C=O) groups excluding carboxylic acids is 1. The Morgan fingerprint density at radius 3 is 2.47 bits per heavy atom. The van der Waals surface area contributed by atoms with Gasteiger partial charge in [-0.2, -0.15) is 0 Å². The molecule has 0 aromatic carbocycles. The molecule has 17 heavy (non-hydrogen) atoms. The number of rotatable bonds is 6. The molecule has 0 heterocycles. The zero-order valence-corrected chi connectivity index (χ0v) is 11.3. The standard InChI is InChI=1S/C14H24O3/c1-12(9-10-15)8-6-5-7-11-17-13(16)14(2,3)4/h5,7,9,15H,6,8,10-11H2,1-4H3. The maximum absolute atomic E-state index is 11.4. The third-order valence-electron chi connectivity index (χ3n) is 2.23. The van der Waals surface area contributed by atoms with Gasteiger partial charge in [0.2, 0.25) is 0 Å². The number of aliphatic hydroxyl groups excluding tert-OH is 1. The number of esters is 1. The van der Waals surface area contributed by atoms with E-state index in [1.807, 2.05) is 39.8 Å². The molecular formula is C14H24O3. The van der Waals surface area contributed by atoms with E-state index in [2.05, 4.69) is 0 Å². The molecule has 0 saturated carbocycles. The summed E-state index contributed by atoms with van der Waals surface area (Å²) in [5.74, 6) is -0.182. The van der Waals surface area contributed by atoms with Crippen LogP contribution in [0, 0.1) is 5.41 Å². The molecule has 0 unspecified atom stereocenters. The molecule has 0 rings (SSSR count). The first-order chi connectivity index (χ1) is 7.88. The van der Waals surface area contributed by atoms with E-state index in [0.717, 1.165) is 12.8 Å². The second-order valence-electron chi connectivity index (χ2n) is 5.09. The maximum Gasteiger partial charge on any atom is 0.311 e. The van der Waals surface area contributed by atoms with Crippen LogP contribution < -0.4 is 0 Å². The van der Waals surface area contributed by atoms with Crippen LogP contribution in [0.3, 0.4) is 0 Å². The average molecular weight is 240 g/mol. The third-order valence-corrected chi connectivity index (χ3v) is 2.23. The molecule has 0 bridgehead atoms. The van der Waals surface area contributed by atoms with Crippen LogP contribution in [-0.2, 0) is 9.53 Å². The number of allylic oxidation sites excluding steroid dienone is 2. The van der Waals surface area contributed by atoms with Gasteiger partial charge in [-0.15, -0.1) is 0 Å². The van der Waals surface area contributed by atoms with E-state index in [4.69, 9.17) is 9.84 Å². The molecule has 0 atom stereocenters. The van der Waals surface area contributed by atoms with Crippen LogP contribution >= 0.6 is 0 Å². The summed E-state index contributed by atoms with van der Waals surface area (Å²) >= 11 is 0. The van der Waals surface area contributed by atoms with Gasteiger partial charge < -0.3 is 9.84 Å². The van der Waals surface area contributed by atoms with Gasteiger partial charge in [0.1, 0.15) is 6.61 Å². The van der Waals surface area contributed by atoms with Gasteiger partial charge in [-0.1, -0.05) is 23.8 Å². The van der Waals surface area contributed by atoms with Crippen LogP contribution in [0.15, 0.2) is 23.8 Å². The van der Waals surface area contributed by atoms with Crippen LogP contribution in [0.1, 0.15) is 40.5 Å². The first-order valence-electron chi connectivity index (χ1n) is 5.96.